The van der Waals surface area contributed by atoms with E-state index in [9.17, 15) is 19.8 Å². The third kappa shape index (κ3) is 5.73. The molecule has 4 rings (SSSR count). The van der Waals surface area contributed by atoms with Crippen LogP contribution in [-0.2, 0) is 22.6 Å². The van der Waals surface area contributed by atoms with Gasteiger partial charge in [0.1, 0.15) is 0 Å². The van der Waals surface area contributed by atoms with Crippen molar-refractivity contribution >= 4 is 28.3 Å². The van der Waals surface area contributed by atoms with E-state index < -0.39 is 11.5 Å². The first-order chi connectivity index (χ1) is 17.7. The molecule has 0 unspecified atom stereocenters. The Morgan fingerprint density at radius 2 is 2.05 bits per heavy atom. The number of carbonyl (C=O) groups excluding carboxylic acids is 2. The number of hydrogen-bond acceptors (Lipinski definition) is 7. The largest absolute Gasteiger partial charge is 0.396 e. The molecule has 0 bridgehead atoms. The number of carbonyl (C=O) groups is 2. The maximum Gasteiger partial charge on any atom is 0.226 e. The lowest BCUT2D eigenvalue weighted by Crippen LogP contribution is -2.57. The summed E-state index contributed by atoms with van der Waals surface area (Å²) in [5.74, 6) is -0.317. The van der Waals surface area contributed by atoms with Crippen molar-refractivity contribution in [3.8, 4) is 0 Å². The molecule has 1 fully saturated rings. The Kier molecular flexibility index (Phi) is 8.66. The summed E-state index contributed by atoms with van der Waals surface area (Å²) >= 11 is 1.46. The normalized spacial score (nSPS) is 28.7. The van der Waals surface area contributed by atoms with Crippen LogP contribution in [0, 0.1) is 16.7 Å². The Bertz CT molecular complexity index is 1090. The molecule has 1 saturated carbocycles. The molecule has 9 heteroatoms. The van der Waals surface area contributed by atoms with Gasteiger partial charge < -0.3 is 20.8 Å². The number of rotatable bonds is 10. The number of fused-ring (bicyclic) bond motifs is 2. The Morgan fingerprint density at radius 3 is 2.76 bits per heavy atom. The second-order valence-corrected chi connectivity index (χ2v) is 12.3. The van der Waals surface area contributed by atoms with Gasteiger partial charge in [-0.05, 0) is 48.6 Å². The fourth-order valence-electron chi connectivity index (χ4n) is 6.38. The Hall–Kier alpha value is -2.36. The van der Waals surface area contributed by atoms with Crippen LogP contribution in [0.1, 0.15) is 87.8 Å². The second kappa shape index (κ2) is 11.6. The summed E-state index contributed by atoms with van der Waals surface area (Å²) in [4.78, 5) is 35.7. The molecule has 4 N–H and O–H groups in total. The molecule has 0 saturated heterocycles. The van der Waals surface area contributed by atoms with Crippen LogP contribution in [0.15, 0.2) is 24.5 Å². The van der Waals surface area contributed by atoms with Gasteiger partial charge in [-0.1, -0.05) is 39.7 Å². The van der Waals surface area contributed by atoms with Crippen LogP contribution in [0.5, 0.6) is 0 Å². The van der Waals surface area contributed by atoms with Gasteiger partial charge in [-0.15, -0.1) is 11.3 Å². The zero-order valence-electron chi connectivity index (χ0n) is 22.1. The maximum absolute atomic E-state index is 13.2. The molecule has 37 heavy (non-hydrogen) atoms. The summed E-state index contributed by atoms with van der Waals surface area (Å²) in [7, 11) is 0. The molecule has 0 spiro atoms. The van der Waals surface area contributed by atoms with Crippen molar-refractivity contribution in [1.82, 2.24) is 15.3 Å². The molecule has 2 aromatic heterocycles. The number of aliphatic hydroxyl groups is 2. The number of unbranched alkanes of at least 4 members (excludes halogenated alkanes) is 2. The molecule has 8 nitrogen and oxygen atoms in total. The van der Waals surface area contributed by atoms with E-state index in [0.29, 0.717) is 30.9 Å². The summed E-state index contributed by atoms with van der Waals surface area (Å²) in [5.41, 5.74) is 0.801. The number of aliphatic hydroxyl groups excluding tert-OH is 2. The predicted molar refractivity (Wildman–Crippen MR) is 144 cm³/mol. The van der Waals surface area contributed by atoms with E-state index in [2.05, 4.69) is 29.5 Å². The molecular weight excluding hydrogens is 488 g/mol. The molecule has 0 aliphatic heterocycles. The first-order valence-electron chi connectivity index (χ1n) is 13.4. The van der Waals surface area contributed by atoms with Crippen LogP contribution in [-0.4, -0.2) is 44.7 Å². The highest BCUT2D eigenvalue weighted by atomic mass is 32.1. The highest BCUT2D eigenvalue weighted by Crippen LogP contribution is 2.62. The molecule has 2 heterocycles. The van der Waals surface area contributed by atoms with Gasteiger partial charge in [0.15, 0.2) is 5.13 Å². The van der Waals surface area contributed by atoms with Crippen LogP contribution < -0.4 is 10.6 Å². The maximum atomic E-state index is 13.2. The highest BCUT2D eigenvalue weighted by Gasteiger charge is 2.59. The number of aromatic nitrogens is 2. The topological polar surface area (TPSA) is 124 Å². The third-order valence-electron chi connectivity index (χ3n) is 8.75. The highest BCUT2D eigenvalue weighted by molar-refractivity contribution is 7.15. The van der Waals surface area contributed by atoms with Gasteiger partial charge in [0.25, 0.3) is 0 Å². The molecule has 2 amide bonds. The minimum absolute atomic E-state index is 0.0223. The zero-order valence-corrected chi connectivity index (χ0v) is 22.9. The van der Waals surface area contributed by atoms with Gasteiger partial charge in [0.2, 0.25) is 11.8 Å². The molecule has 2 aliphatic rings. The first-order valence-corrected chi connectivity index (χ1v) is 14.3. The van der Waals surface area contributed by atoms with E-state index in [4.69, 9.17) is 4.98 Å². The minimum Gasteiger partial charge on any atom is -0.396 e. The standard InChI is InChI=1S/C28H40N4O4S/c1-4-5-6-9-23(35)31-26-32-25-19(13-24(36)30-16-18-8-7-12-29-15-18)27(2)11-10-22(34)28(3,17-33)21(27)14-20(25)37-26/h7-8,12,15,19,21-22,33-34H,4-6,9-11,13-14,16-17H2,1-3H3,(H,30,36)(H,31,32,35)/t19-,21-,22-,27+,28+/m1/s1. The van der Waals surface area contributed by atoms with Crippen molar-refractivity contribution in [3.63, 3.8) is 0 Å². The van der Waals surface area contributed by atoms with Gasteiger partial charge >= 0.3 is 0 Å². The van der Waals surface area contributed by atoms with Gasteiger partial charge in [0, 0.05) is 48.0 Å². The summed E-state index contributed by atoms with van der Waals surface area (Å²) in [6, 6.07) is 3.77. The van der Waals surface area contributed by atoms with Gasteiger partial charge in [-0.25, -0.2) is 4.98 Å². The molecule has 5 atom stereocenters. The number of pyridine rings is 1. The molecular formula is C28H40N4O4S. The number of nitrogens with one attached hydrogen (secondary N) is 2. The third-order valence-corrected chi connectivity index (χ3v) is 9.76. The number of hydrogen-bond donors (Lipinski definition) is 4. The van der Waals surface area contributed by atoms with E-state index in [1.165, 1.54) is 11.3 Å². The molecule has 2 aromatic rings. The SMILES string of the molecule is CCCCCC(=O)Nc1nc2c(s1)C[C@H]1[C@](C)(CO)[C@H](O)CC[C@@]1(C)[C@@H]2CC(=O)NCc1cccnc1. The second-order valence-electron chi connectivity index (χ2n) is 11.2. The fraction of sp³-hybridized carbons (Fsp3) is 0.643. The quantitative estimate of drug-likeness (QED) is 0.343. The average molecular weight is 529 g/mol. The molecule has 0 radical (unpaired) electrons. The molecule has 202 valence electrons. The number of anilines is 1. The average Bonchev–Trinajstić information content (AvgIpc) is 3.29. The van der Waals surface area contributed by atoms with Gasteiger partial charge in [-0.2, -0.15) is 0 Å². The number of nitrogens with zero attached hydrogens (tertiary/aromatic N) is 2. The summed E-state index contributed by atoms with van der Waals surface area (Å²) in [6.07, 6.45) is 8.44. The lowest BCUT2D eigenvalue weighted by atomic mass is 9.47. The van der Waals surface area contributed by atoms with E-state index in [1.54, 1.807) is 12.4 Å². The monoisotopic (exact) mass is 528 g/mol. The van der Waals surface area contributed by atoms with Crippen molar-refractivity contribution < 1.29 is 19.8 Å². The Balaban J connectivity index is 1.60. The number of thiazole rings is 1. The zero-order chi connectivity index (χ0) is 26.6. The van der Waals surface area contributed by atoms with E-state index >= 15 is 0 Å². The Labute approximate surface area is 223 Å². The van der Waals surface area contributed by atoms with Crippen molar-refractivity contribution in [3.05, 3.63) is 40.7 Å². The molecule has 2 aliphatic carbocycles. The predicted octanol–water partition coefficient (Wildman–Crippen LogP) is 4.18. The lowest BCUT2D eigenvalue weighted by Gasteiger charge is -2.58. The van der Waals surface area contributed by atoms with Crippen molar-refractivity contribution in [2.45, 2.75) is 90.7 Å². The Morgan fingerprint density at radius 1 is 1.24 bits per heavy atom. The van der Waals surface area contributed by atoms with Gasteiger partial charge in [0.05, 0.1) is 18.4 Å². The first kappa shape index (κ1) is 27.7. The summed E-state index contributed by atoms with van der Waals surface area (Å²) in [5, 5.41) is 27.9. The van der Waals surface area contributed by atoms with E-state index in [0.717, 1.165) is 41.8 Å². The fourth-order valence-corrected chi connectivity index (χ4v) is 7.46. The van der Waals surface area contributed by atoms with Crippen LogP contribution in [0.3, 0.4) is 0 Å². The summed E-state index contributed by atoms with van der Waals surface area (Å²) < 4.78 is 0. The number of amides is 2. The minimum atomic E-state index is -0.678. The van der Waals surface area contributed by atoms with Crippen molar-refractivity contribution in [1.29, 1.82) is 0 Å². The van der Waals surface area contributed by atoms with Crippen LogP contribution in [0.4, 0.5) is 5.13 Å². The van der Waals surface area contributed by atoms with Crippen LogP contribution in [0.25, 0.3) is 0 Å². The smallest absolute Gasteiger partial charge is 0.226 e. The van der Waals surface area contributed by atoms with E-state index in [1.807, 2.05) is 19.1 Å². The van der Waals surface area contributed by atoms with E-state index in [-0.39, 0.29) is 42.1 Å². The van der Waals surface area contributed by atoms with Gasteiger partial charge in [-0.3, -0.25) is 14.6 Å². The summed E-state index contributed by atoms with van der Waals surface area (Å²) in [6.45, 7) is 6.53. The van der Waals surface area contributed by atoms with Crippen molar-refractivity contribution in [2.24, 2.45) is 16.7 Å². The van der Waals surface area contributed by atoms with Crippen LogP contribution in [0.2, 0.25) is 0 Å². The van der Waals surface area contributed by atoms with Crippen LogP contribution >= 0.6 is 11.3 Å². The lowest BCUT2D eigenvalue weighted by molar-refractivity contribution is -0.144. The molecule has 0 aromatic carbocycles. The van der Waals surface area contributed by atoms with Crippen molar-refractivity contribution in [2.75, 3.05) is 11.9 Å².